The van der Waals surface area contributed by atoms with Crippen LogP contribution in [0.3, 0.4) is 0 Å². The minimum absolute atomic E-state index is 0.229. The highest BCUT2D eigenvalue weighted by atomic mass is 19.4. The summed E-state index contributed by atoms with van der Waals surface area (Å²) in [5.41, 5.74) is 0.744. The molecule has 1 atom stereocenters. The lowest BCUT2D eigenvalue weighted by Gasteiger charge is -2.24. The molecule has 1 aromatic carbocycles. The van der Waals surface area contributed by atoms with Crippen molar-refractivity contribution in [2.75, 3.05) is 26.7 Å². The van der Waals surface area contributed by atoms with Crippen LogP contribution in [0.5, 0.6) is 0 Å². The normalized spacial score (nSPS) is 14.0. The first kappa shape index (κ1) is 15.9. The molecular formula is C15H19F3N2O. The Morgan fingerprint density at radius 1 is 1.29 bits per heavy atom. The fourth-order valence-corrected chi connectivity index (χ4v) is 2.36. The molecule has 3 nitrogen and oxygen atoms in total. The van der Waals surface area contributed by atoms with Gasteiger partial charge in [0.1, 0.15) is 11.3 Å². The average Bonchev–Trinajstić information content (AvgIpc) is 2.79. The van der Waals surface area contributed by atoms with Gasteiger partial charge in [-0.05, 0) is 25.7 Å². The summed E-state index contributed by atoms with van der Waals surface area (Å²) in [4.78, 5) is 1.25. The number of rotatable bonds is 6. The summed E-state index contributed by atoms with van der Waals surface area (Å²) in [5.74, 6) is 0.659. The molecule has 0 fully saturated rings. The first-order valence-electron chi connectivity index (χ1n) is 6.86. The van der Waals surface area contributed by atoms with Crippen LogP contribution < -0.4 is 5.32 Å². The summed E-state index contributed by atoms with van der Waals surface area (Å²) in [7, 11) is 1.46. The molecule has 0 aliphatic carbocycles. The quantitative estimate of drug-likeness (QED) is 0.884. The smallest absolute Gasteiger partial charge is 0.401 e. The number of nitrogens with one attached hydrogen (secondary N) is 1. The largest absolute Gasteiger partial charge is 0.459 e. The monoisotopic (exact) mass is 300 g/mol. The van der Waals surface area contributed by atoms with E-state index in [4.69, 9.17) is 4.42 Å². The first-order valence-corrected chi connectivity index (χ1v) is 6.86. The molecular weight excluding hydrogens is 281 g/mol. The van der Waals surface area contributed by atoms with Gasteiger partial charge >= 0.3 is 6.18 Å². The van der Waals surface area contributed by atoms with Gasteiger partial charge < -0.3 is 9.73 Å². The Labute approximate surface area is 121 Å². The molecule has 1 N–H and O–H groups in total. The molecule has 116 valence electrons. The van der Waals surface area contributed by atoms with Gasteiger partial charge in [0.2, 0.25) is 0 Å². The molecule has 0 aliphatic heterocycles. The van der Waals surface area contributed by atoms with Crippen molar-refractivity contribution in [2.24, 2.45) is 0 Å². The van der Waals surface area contributed by atoms with E-state index in [1.54, 1.807) is 0 Å². The Morgan fingerprint density at radius 2 is 2.00 bits per heavy atom. The third-order valence-corrected chi connectivity index (χ3v) is 3.18. The SMILES string of the molecule is CCNC(CN(C)CC(F)(F)F)c1cc2ccccc2o1. The van der Waals surface area contributed by atoms with Gasteiger partial charge in [0.15, 0.2) is 0 Å². The molecule has 0 amide bonds. The number of halogens is 3. The predicted octanol–water partition coefficient (Wildman–Crippen LogP) is 3.58. The van der Waals surface area contributed by atoms with Gasteiger partial charge in [-0.1, -0.05) is 25.1 Å². The topological polar surface area (TPSA) is 28.4 Å². The fourth-order valence-electron chi connectivity index (χ4n) is 2.36. The first-order chi connectivity index (χ1) is 9.89. The zero-order valence-electron chi connectivity index (χ0n) is 12.1. The van der Waals surface area contributed by atoms with Gasteiger partial charge in [-0.15, -0.1) is 0 Å². The van der Waals surface area contributed by atoms with Crippen molar-refractivity contribution in [3.8, 4) is 0 Å². The predicted molar refractivity (Wildman–Crippen MR) is 76.2 cm³/mol. The Balaban J connectivity index is 2.14. The second kappa shape index (κ2) is 6.49. The number of hydrogen-bond acceptors (Lipinski definition) is 3. The maximum Gasteiger partial charge on any atom is 0.401 e. The molecule has 2 rings (SSSR count). The minimum Gasteiger partial charge on any atom is -0.459 e. The van der Waals surface area contributed by atoms with Gasteiger partial charge in [0.05, 0.1) is 12.6 Å². The Hall–Kier alpha value is -1.53. The lowest BCUT2D eigenvalue weighted by molar-refractivity contribution is -0.143. The Morgan fingerprint density at radius 3 is 2.62 bits per heavy atom. The molecule has 0 saturated carbocycles. The second-order valence-corrected chi connectivity index (χ2v) is 5.11. The number of para-hydroxylation sites is 1. The van der Waals surface area contributed by atoms with Crippen molar-refractivity contribution in [1.82, 2.24) is 10.2 Å². The summed E-state index contributed by atoms with van der Waals surface area (Å²) in [6.07, 6.45) is -4.20. The highest BCUT2D eigenvalue weighted by molar-refractivity contribution is 5.77. The van der Waals surface area contributed by atoms with E-state index < -0.39 is 12.7 Å². The number of fused-ring (bicyclic) bond motifs is 1. The fraction of sp³-hybridized carbons (Fsp3) is 0.467. The number of benzene rings is 1. The van der Waals surface area contributed by atoms with Crippen LogP contribution in [0.4, 0.5) is 13.2 Å². The molecule has 1 aromatic heterocycles. The highest BCUT2D eigenvalue weighted by Crippen LogP contribution is 2.25. The molecule has 0 aliphatic rings. The van der Waals surface area contributed by atoms with Gasteiger partial charge in [-0.2, -0.15) is 13.2 Å². The number of likely N-dealkylation sites (N-methyl/N-ethyl adjacent to an activating group) is 2. The lowest BCUT2D eigenvalue weighted by Crippen LogP contribution is -2.37. The van der Waals surface area contributed by atoms with Crippen LogP contribution in [0.25, 0.3) is 11.0 Å². The van der Waals surface area contributed by atoms with E-state index >= 15 is 0 Å². The van der Waals surface area contributed by atoms with Crippen molar-refractivity contribution in [2.45, 2.75) is 19.1 Å². The van der Waals surface area contributed by atoms with E-state index in [0.29, 0.717) is 12.3 Å². The maximum atomic E-state index is 12.4. The Kier molecular flexibility index (Phi) is 4.90. The Bertz CT molecular complexity index is 547. The van der Waals surface area contributed by atoms with E-state index in [-0.39, 0.29) is 12.6 Å². The molecule has 21 heavy (non-hydrogen) atoms. The van der Waals surface area contributed by atoms with Gasteiger partial charge in [0, 0.05) is 11.9 Å². The van der Waals surface area contributed by atoms with E-state index in [0.717, 1.165) is 11.0 Å². The van der Waals surface area contributed by atoms with Crippen LogP contribution in [0, 0.1) is 0 Å². The molecule has 0 bridgehead atoms. The van der Waals surface area contributed by atoms with E-state index in [9.17, 15) is 13.2 Å². The number of hydrogen-bond donors (Lipinski definition) is 1. The van der Waals surface area contributed by atoms with Crippen molar-refractivity contribution < 1.29 is 17.6 Å². The highest BCUT2D eigenvalue weighted by Gasteiger charge is 2.30. The molecule has 6 heteroatoms. The molecule has 2 aromatic rings. The summed E-state index contributed by atoms with van der Waals surface area (Å²) in [6, 6.07) is 9.15. The van der Waals surface area contributed by atoms with E-state index in [1.807, 2.05) is 37.3 Å². The number of furan rings is 1. The van der Waals surface area contributed by atoms with Crippen LogP contribution >= 0.6 is 0 Å². The van der Waals surface area contributed by atoms with Gasteiger partial charge in [-0.3, -0.25) is 4.90 Å². The van der Waals surface area contributed by atoms with Crippen molar-refractivity contribution >= 4 is 11.0 Å². The summed E-state index contributed by atoms with van der Waals surface area (Å²) in [5, 5.41) is 4.13. The molecule has 0 spiro atoms. The van der Waals surface area contributed by atoms with Crippen molar-refractivity contribution in [1.29, 1.82) is 0 Å². The molecule has 0 saturated heterocycles. The van der Waals surface area contributed by atoms with Crippen LogP contribution in [-0.4, -0.2) is 37.8 Å². The minimum atomic E-state index is -4.20. The second-order valence-electron chi connectivity index (χ2n) is 5.11. The summed E-state index contributed by atoms with van der Waals surface area (Å²) >= 11 is 0. The summed E-state index contributed by atoms with van der Waals surface area (Å²) < 4.78 is 43.0. The standard InChI is InChI=1S/C15H19F3N2O/c1-3-19-12(9-20(2)10-15(16,17)18)14-8-11-6-4-5-7-13(11)21-14/h4-8,12,19H,3,9-10H2,1-2H3. The van der Waals surface area contributed by atoms with Gasteiger partial charge in [0.25, 0.3) is 0 Å². The van der Waals surface area contributed by atoms with Crippen molar-refractivity contribution in [3.63, 3.8) is 0 Å². The average molecular weight is 300 g/mol. The molecule has 0 radical (unpaired) electrons. The number of alkyl halides is 3. The molecule has 1 heterocycles. The van der Waals surface area contributed by atoms with Gasteiger partial charge in [-0.25, -0.2) is 0 Å². The van der Waals surface area contributed by atoms with Crippen LogP contribution in [0.2, 0.25) is 0 Å². The third kappa shape index (κ3) is 4.47. The van der Waals surface area contributed by atoms with Crippen LogP contribution in [0.1, 0.15) is 18.7 Å². The van der Waals surface area contributed by atoms with Crippen molar-refractivity contribution in [3.05, 3.63) is 36.1 Å². The zero-order valence-corrected chi connectivity index (χ0v) is 12.1. The number of nitrogens with zero attached hydrogens (tertiary/aromatic N) is 1. The van der Waals surface area contributed by atoms with E-state index in [2.05, 4.69) is 5.32 Å². The summed E-state index contributed by atoms with van der Waals surface area (Å²) in [6.45, 7) is 1.86. The third-order valence-electron chi connectivity index (χ3n) is 3.18. The lowest BCUT2D eigenvalue weighted by atomic mass is 10.2. The van der Waals surface area contributed by atoms with E-state index in [1.165, 1.54) is 11.9 Å². The van der Waals surface area contributed by atoms with Crippen LogP contribution in [-0.2, 0) is 0 Å². The van der Waals surface area contributed by atoms with Crippen LogP contribution in [0.15, 0.2) is 34.7 Å². The molecule has 1 unspecified atom stereocenters. The maximum absolute atomic E-state index is 12.4. The zero-order chi connectivity index (χ0) is 15.5.